The van der Waals surface area contributed by atoms with Crippen molar-refractivity contribution in [2.24, 2.45) is 0 Å². The van der Waals surface area contributed by atoms with Crippen LogP contribution in [0.25, 0.3) is 0 Å². The van der Waals surface area contributed by atoms with Crippen LogP contribution in [-0.4, -0.2) is 6.54 Å². The molecule has 21 heavy (non-hydrogen) atoms. The van der Waals surface area contributed by atoms with Gasteiger partial charge in [0, 0.05) is 9.50 Å². The molecule has 0 spiro atoms. The van der Waals surface area contributed by atoms with E-state index in [4.69, 9.17) is 11.6 Å². The maximum Gasteiger partial charge on any atom is 0.0594 e. The highest BCUT2D eigenvalue weighted by Gasteiger charge is 2.18. The van der Waals surface area contributed by atoms with E-state index in [-0.39, 0.29) is 6.04 Å². The first-order valence-corrected chi connectivity index (χ1v) is 8.45. The predicted octanol–water partition coefficient (Wildman–Crippen LogP) is 5.81. The molecule has 0 saturated carbocycles. The highest BCUT2D eigenvalue weighted by Crippen LogP contribution is 2.32. The molecule has 1 N–H and O–H groups in total. The summed E-state index contributed by atoms with van der Waals surface area (Å²) < 4.78 is 1.05. The van der Waals surface area contributed by atoms with Crippen molar-refractivity contribution < 1.29 is 0 Å². The Bertz CT molecular complexity index is 573. The Morgan fingerprint density at radius 3 is 2.57 bits per heavy atom. The molecule has 2 rings (SSSR count). The van der Waals surface area contributed by atoms with Gasteiger partial charge in [0.05, 0.1) is 6.04 Å². The van der Waals surface area contributed by atoms with Gasteiger partial charge in [0.25, 0.3) is 0 Å². The summed E-state index contributed by atoms with van der Waals surface area (Å²) in [5, 5.41) is 4.43. The topological polar surface area (TPSA) is 12.0 Å². The van der Waals surface area contributed by atoms with Crippen LogP contribution in [0.4, 0.5) is 0 Å². The third-order valence-electron chi connectivity index (χ3n) is 3.61. The molecule has 3 heteroatoms. The molecule has 0 radical (unpaired) electrons. The maximum atomic E-state index is 6.45. The fraction of sp³-hybridized carbons (Fsp3) is 0.333. The molecule has 1 nitrogen and oxygen atoms in total. The lowest BCUT2D eigenvalue weighted by molar-refractivity contribution is 0.596. The van der Waals surface area contributed by atoms with E-state index in [2.05, 4.69) is 66.3 Å². The summed E-state index contributed by atoms with van der Waals surface area (Å²) in [4.78, 5) is 0. The maximum absolute atomic E-state index is 6.45. The van der Waals surface area contributed by atoms with Gasteiger partial charge in [-0.25, -0.2) is 0 Å². The summed E-state index contributed by atoms with van der Waals surface area (Å²) >= 11 is 10.0. The van der Waals surface area contributed by atoms with Gasteiger partial charge in [0.15, 0.2) is 0 Å². The van der Waals surface area contributed by atoms with Gasteiger partial charge in [-0.3, -0.25) is 0 Å². The Labute approximate surface area is 140 Å². The lowest BCUT2D eigenvalue weighted by Gasteiger charge is -2.23. The standard InChI is InChI=1S/C18H21BrClN/c1-4-9-21-18(15-10-12(2)5-6-13(15)3)16-11-14(19)7-8-17(16)20/h5-8,10-11,18,21H,4,9H2,1-3H3. The molecule has 0 aliphatic carbocycles. The van der Waals surface area contributed by atoms with E-state index in [0.717, 1.165) is 28.0 Å². The minimum Gasteiger partial charge on any atom is -0.306 e. The minimum absolute atomic E-state index is 0.120. The lowest BCUT2D eigenvalue weighted by Crippen LogP contribution is -2.24. The van der Waals surface area contributed by atoms with Gasteiger partial charge in [0.1, 0.15) is 0 Å². The first-order chi connectivity index (χ1) is 10.0. The molecule has 1 unspecified atom stereocenters. The predicted molar refractivity (Wildman–Crippen MR) is 95.2 cm³/mol. The van der Waals surface area contributed by atoms with E-state index in [1.165, 1.54) is 16.7 Å². The molecular weight excluding hydrogens is 346 g/mol. The third-order valence-corrected chi connectivity index (χ3v) is 4.45. The van der Waals surface area contributed by atoms with Crippen molar-refractivity contribution in [3.05, 3.63) is 68.1 Å². The Balaban J connectivity index is 2.52. The zero-order chi connectivity index (χ0) is 15.4. The lowest BCUT2D eigenvalue weighted by atomic mass is 9.93. The molecule has 2 aromatic rings. The summed E-state index contributed by atoms with van der Waals surface area (Å²) in [5.74, 6) is 0. The van der Waals surface area contributed by atoms with Crippen LogP contribution in [0.3, 0.4) is 0 Å². The number of rotatable bonds is 5. The normalized spacial score (nSPS) is 12.4. The van der Waals surface area contributed by atoms with Crippen LogP contribution in [0.2, 0.25) is 5.02 Å². The Hall–Kier alpha value is -0.830. The Morgan fingerprint density at radius 1 is 1.10 bits per heavy atom. The van der Waals surface area contributed by atoms with E-state index in [0.29, 0.717) is 0 Å². The molecule has 0 bridgehead atoms. The molecule has 0 heterocycles. The third kappa shape index (κ3) is 4.09. The number of benzene rings is 2. The second kappa shape index (κ2) is 7.44. The first kappa shape index (κ1) is 16.5. The van der Waals surface area contributed by atoms with E-state index < -0.39 is 0 Å². The van der Waals surface area contributed by atoms with Crippen molar-refractivity contribution in [2.75, 3.05) is 6.54 Å². The van der Waals surface area contributed by atoms with Crippen molar-refractivity contribution in [1.29, 1.82) is 0 Å². The number of nitrogens with one attached hydrogen (secondary N) is 1. The van der Waals surface area contributed by atoms with E-state index in [1.807, 2.05) is 12.1 Å². The van der Waals surface area contributed by atoms with Gasteiger partial charge in [-0.1, -0.05) is 58.2 Å². The number of hydrogen-bond donors (Lipinski definition) is 1. The van der Waals surface area contributed by atoms with Crippen molar-refractivity contribution in [1.82, 2.24) is 5.32 Å². The van der Waals surface area contributed by atoms with Gasteiger partial charge < -0.3 is 5.32 Å². The van der Waals surface area contributed by atoms with Crippen molar-refractivity contribution in [3.8, 4) is 0 Å². The summed E-state index contributed by atoms with van der Waals surface area (Å²) in [6, 6.07) is 12.7. The zero-order valence-electron chi connectivity index (χ0n) is 12.7. The summed E-state index contributed by atoms with van der Waals surface area (Å²) in [6.07, 6.45) is 1.09. The highest BCUT2D eigenvalue weighted by molar-refractivity contribution is 9.10. The molecule has 112 valence electrons. The van der Waals surface area contributed by atoms with Gasteiger partial charge in [0.2, 0.25) is 0 Å². The Morgan fingerprint density at radius 2 is 1.86 bits per heavy atom. The van der Waals surface area contributed by atoms with Gasteiger partial charge in [-0.15, -0.1) is 0 Å². The molecule has 0 aromatic heterocycles. The van der Waals surface area contributed by atoms with Crippen LogP contribution >= 0.6 is 27.5 Å². The molecule has 1 atom stereocenters. The highest BCUT2D eigenvalue weighted by atomic mass is 79.9. The number of aryl methyl sites for hydroxylation is 2. The Kier molecular flexibility index (Phi) is 5.86. The number of halogens is 2. The summed E-state index contributed by atoms with van der Waals surface area (Å²) in [7, 11) is 0. The van der Waals surface area contributed by atoms with Crippen LogP contribution in [-0.2, 0) is 0 Å². The van der Waals surface area contributed by atoms with Crippen LogP contribution < -0.4 is 5.32 Å². The molecule has 0 amide bonds. The monoisotopic (exact) mass is 365 g/mol. The van der Waals surface area contributed by atoms with Crippen LogP contribution in [0.5, 0.6) is 0 Å². The average Bonchev–Trinajstić information content (AvgIpc) is 2.46. The molecular formula is C18H21BrClN. The minimum atomic E-state index is 0.120. The van der Waals surface area contributed by atoms with E-state index in [1.54, 1.807) is 0 Å². The van der Waals surface area contributed by atoms with E-state index >= 15 is 0 Å². The van der Waals surface area contributed by atoms with Crippen LogP contribution in [0.1, 0.15) is 41.6 Å². The summed E-state index contributed by atoms with van der Waals surface area (Å²) in [6.45, 7) is 7.42. The van der Waals surface area contributed by atoms with E-state index in [9.17, 15) is 0 Å². The molecule has 0 fully saturated rings. The first-order valence-electron chi connectivity index (χ1n) is 7.28. The van der Waals surface area contributed by atoms with Gasteiger partial charge in [-0.2, -0.15) is 0 Å². The van der Waals surface area contributed by atoms with Crippen molar-refractivity contribution in [2.45, 2.75) is 33.2 Å². The average molecular weight is 367 g/mol. The molecule has 2 aromatic carbocycles. The smallest absolute Gasteiger partial charge is 0.0594 e. The largest absolute Gasteiger partial charge is 0.306 e. The fourth-order valence-corrected chi connectivity index (χ4v) is 3.09. The van der Waals surface area contributed by atoms with Crippen LogP contribution in [0.15, 0.2) is 40.9 Å². The quantitative estimate of drug-likeness (QED) is 0.704. The van der Waals surface area contributed by atoms with Gasteiger partial charge in [-0.05, 0) is 61.7 Å². The molecule has 0 saturated heterocycles. The molecule has 0 aliphatic rings. The SMILES string of the molecule is CCCNC(c1cc(C)ccc1C)c1cc(Br)ccc1Cl. The summed E-state index contributed by atoms with van der Waals surface area (Å²) in [5.41, 5.74) is 4.96. The number of hydrogen-bond acceptors (Lipinski definition) is 1. The fourth-order valence-electron chi connectivity index (χ4n) is 2.48. The van der Waals surface area contributed by atoms with Crippen molar-refractivity contribution >= 4 is 27.5 Å². The second-order valence-electron chi connectivity index (χ2n) is 5.41. The van der Waals surface area contributed by atoms with Gasteiger partial charge >= 0.3 is 0 Å². The zero-order valence-corrected chi connectivity index (χ0v) is 15.1. The molecule has 0 aliphatic heterocycles. The van der Waals surface area contributed by atoms with Crippen molar-refractivity contribution in [3.63, 3.8) is 0 Å². The second-order valence-corrected chi connectivity index (χ2v) is 6.74. The van der Waals surface area contributed by atoms with Crippen LogP contribution in [0, 0.1) is 13.8 Å².